The molecule has 0 aliphatic heterocycles. The Morgan fingerprint density at radius 3 is 2.50 bits per heavy atom. The zero-order valence-corrected chi connectivity index (χ0v) is 13.1. The third-order valence-electron chi connectivity index (χ3n) is 2.91. The van der Waals surface area contributed by atoms with Crippen molar-refractivity contribution < 1.29 is 9.53 Å². The standard InChI is InChI=1S/C18H20N2O2/c1-13(14-8-6-5-7-9-14)15-10-11-19-12-16(15)22-17(21)20-18(2,3)4/h5-12H,1H2,2-4H3,(H,20,21). The fourth-order valence-electron chi connectivity index (χ4n) is 1.94. The minimum atomic E-state index is -0.511. The van der Waals surface area contributed by atoms with E-state index in [2.05, 4.69) is 16.9 Å². The van der Waals surface area contributed by atoms with E-state index in [0.29, 0.717) is 5.75 Å². The maximum Gasteiger partial charge on any atom is 0.413 e. The van der Waals surface area contributed by atoms with Gasteiger partial charge in [0.25, 0.3) is 0 Å². The molecule has 0 unspecified atom stereocenters. The fourth-order valence-corrected chi connectivity index (χ4v) is 1.94. The summed E-state index contributed by atoms with van der Waals surface area (Å²) in [5.74, 6) is 0.387. The number of hydrogen-bond donors (Lipinski definition) is 1. The molecule has 2 aromatic rings. The SMILES string of the molecule is C=C(c1ccccc1)c1ccncc1OC(=O)NC(C)(C)C. The van der Waals surface area contributed by atoms with Crippen LogP contribution in [-0.2, 0) is 0 Å². The summed E-state index contributed by atoms with van der Waals surface area (Å²) < 4.78 is 5.39. The summed E-state index contributed by atoms with van der Waals surface area (Å²) in [6, 6.07) is 11.5. The van der Waals surface area contributed by atoms with Gasteiger partial charge in [0.2, 0.25) is 0 Å². The number of nitrogens with one attached hydrogen (secondary N) is 1. The van der Waals surface area contributed by atoms with Crippen LogP contribution in [0.5, 0.6) is 5.75 Å². The molecule has 1 amide bonds. The van der Waals surface area contributed by atoms with Crippen molar-refractivity contribution in [3.63, 3.8) is 0 Å². The maximum absolute atomic E-state index is 11.9. The molecule has 0 aliphatic carbocycles. The van der Waals surface area contributed by atoms with Gasteiger partial charge in [-0.25, -0.2) is 4.79 Å². The van der Waals surface area contributed by atoms with Crippen LogP contribution < -0.4 is 10.1 Å². The van der Waals surface area contributed by atoms with E-state index < -0.39 is 6.09 Å². The number of rotatable bonds is 3. The Morgan fingerprint density at radius 1 is 1.18 bits per heavy atom. The van der Waals surface area contributed by atoms with E-state index in [1.807, 2.05) is 51.1 Å². The van der Waals surface area contributed by atoms with Gasteiger partial charge in [-0.15, -0.1) is 0 Å². The number of pyridine rings is 1. The smallest absolute Gasteiger partial charge is 0.408 e. The molecule has 0 aliphatic rings. The second-order valence-electron chi connectivity index (χ2n) is 5.98. The molecule has 22 heavy (non-hydrogen) atoms. The Labute approximate surface area is 130 Å². The third-order valence-corrected chi connectivity index (χ3v) is 2.91. The lowest BCUT2D eigenvalue weighted by molar-refractivity contribution is 0.190. The second kappa shape index (κ2) is 6.43. The van der Waals surface area contributed by atoms with Gasteiger partial charge in [-0.05, 0) is 38.0 Å². The Hall–Kier alpha value is -2.62. The lowest BCUT2D eigenvalue weighted by atomic mass is 10.00. The van der Waals surface area contributed by atoms with Crippen LogP contribution in [0.2, 0.25) is 0 Å². The first-order valence-corrected chi connectivity index (χ1v) is 7.05. The number of ether oxygens (including phenoxy) is 1. The van der Waals surface area contributed by atoms with Crippen LogP contribution in [0.3, 0.4) is 0 Å². The average Bonchev–Trinajstić information content (AvgIpc) is 2.46. The number of hydrogen-bond acceptors (Lipinski definition) is 3. The summed E-state index contributed by atoms with van der Waals surface area (Å²) in [5, 5.41) is 2.75. The number of carbonyl (C=O) groups excluding carboxylic acids is 1. The summed E-state index contributed by atoms with van der Waals surface area (Å²) in [4.78, 5) is 16.0. The summed E-state index contributed by atoms with van der Waals surface area (Å²) in [7, 11) is 0. The molecule has 4 nitrogen and oxygen atoms in total. The third kappa shape index (κ3) is 4.19. The highest BCUT2D eigenvalue weighted by atomic mass is 16.6. The zero-order chi connectivity index (χ0) is 16.2. The van der Waals surface area contributed by atoms with Crippen molar-refractivity contribution in [2.45, 2.75) is 26.3 Å². The summed E-state index contributed by atoms with van der Waals surface area (Å²) >= 11 is 0. The molecule has 1 aromatic heterocycles. The quantitative estimate of drug-likeness (QED) is 0.930. The highest BCUT2D eigenvalue weighted by molar-refractivity contribution is 5.82. The van der Waals surface area contributed by atoms with E-state index in [-0.39, 0.29) is 5.54 Å². The number of carbonyl (C=O) groups is 1. The molecule has 1 N–H and O–H groups in total. The van der Waals surface area contributed by atoms with Crippen molar-refractivity contribution in [2.75, 3.05) is 0 Å². The van der Waals surface area contributed by atoms with Gasteiger partial charge in [-0.2, -0.15) is 0 Å². The van der Waals surface area contributed by atoms with Gasteiger partial charge in [0.05, 0.1) is 6.20 Å². The van der Waals surface area contributed by atoms with Crippen molar-refractivity contribution in [3.8, 4) is 5.75 Å². The molecule has 0 fully saturated rings. The fraction of sp³-hybridized carbons (Fsp3) is 0.222. The van der Waals surface area contributed by atoms with Gasteiger partial charge < -0.3 is 10.1 Å². The minimum absolute atomic E-state index is 0.365. The molecule has 0 radical (unpaired) electrons. The highest BCUT2D eigenvalue weighted by Crippen LogP contribution is 2.29. The first-order valence-electron chi connectivity index (χ1n) is 7.05. The van der Waals surface area contributed by atoms with E-state index in [9.17, 15) is 4.79 Å². The largest absolute Gasteiger partial charge is 0.413 e. The van der Waals surface area contributed by atoms with Gasteiger partial charge >= 0.3 is 6.09 Å². The van der Waals surface area contributed by atoms with Crippen LogP contribution in [-0.4, -0.2) is 16.6 Å². The molecule has 1 aromatic carbocycles. The normalized spacial score (nSPS) is 10.9. The summed E-state index contributed by atoms with van der Waals surface area (Å²) in [6.45, 7) is 9.77. The van der Waals surface area contributed by atoms with Crippen LogP contribution in [0.25, 0.3) is 5.57 Å². The van der Waals surface area contributed by atoms with Crippen molar-refractivity contribution in [1.29, 1.82) is 0 Å². The Morgan fingerprint density at radius 2 is 1.86 bits per heavy atom. The van der Waals surface area contributed by atoms with Crippen LogP contribution >= 0.6 is 0 Å². The van der Waals surface area contributed by atoms with E-state index in [4.69, 9.17) is 4.74 Å². The summed E-state index contributed by atoms with van der Waals surface area (Å²) in [5.41, 5.74) is 2.12. The first kappa shape index (κ1) is 15.8. The Bertz CT molecular complexity index is 673. The molecule has 0 atom stereocenters. The second-order valence-corrected chi connectivity index (χ2v) is 5.98. The Kier molecular flexibility index (Phi) is 4.61. The van der Waals surface area contributed by atoms with E-state index in [1.54, 1.807) is 12.3 Å². The van der Waals surface area contributed by atoms with Gasteiger partial charge in [-0.3, -0.25) is 4.98 Å². The van der Waals surface area contributed by atoms with Gasteiger partial charge in [0, 0.05) is 17.3 Å². The predicted molar refractivity (Wildman–Crippen MR) is 87.7 cm³/mol. The highest BCUT2D eigenvalue weighted by Gasteiger charge is 2.17. The van der Waals surface area contributed by atoms with Gasteiger partial charge in [-0.1, -0.05) is 36.9 Å². The molecule has 0 spiro atoms. The number of aromatic nitrogens is 1. The van der Waals surface area contributed by atoms with Gasteiger partial charge in [0.15, 0.2) is 5.75 Å². The van der Waals surface area contributed by atoms with Crippen LogP contribution in [0, 0.1) is 0 Å². The molecular formula is C18H20N2O2. The first-order chi connectivity index (χ1) is 10.4. The van der Waals surface area contributed by atoms with Crippen LogP contribution in [0.15, 0.2) is 55.4 Å². The minimum Gasteiger partial charge on any atom is -0.408 e. The summed E-state index contributed by atoms with van der Waals surface area (Å²) in [6.07, 6.45) is 2.66. The predicted octanol–water partition coefficient (Wildman–Crippen LogP) is 4.03. The van der Waals surface area contributed by atoms with Crippen molar-refractivity contribution in [3.05, 3.63) is 66.5 Å². The van der Waals surface area contributed by atoms with E-state index in [0.717, 1.165) is 16.7 Å². The molecule has 1 heterocycles. The average molecular weight is 296 g/mol. The van der Waals surface area contributed by atoms with Gasteiger partial charge in [0.1, 0.15) is 0 Å². The van der Waals surface area contributed by atoms with E-state index in [1.165, 1.54) is 6.20 Å². The van der Waals surface area contributed by atoms with Crippen molar-refractivity contribution >= 4 is 11.7 Å². The molecule has 0 saturated heterocycles. The number of nitrogens with zero attached hydrogens (tertiary/aromatic N) is 1. The van der Waals surface area contributed by atoms with Crippen molar-refractivity contribution in [2.24, 2.45) is 0 Å². The monoisotopic (exact) mass is 296 g/mol. The van der Waals surface area contributed by atoms with Crippen molar-refractivity contribution in [1.82, 2.24) is 10.3 Å². The molecular weight excluding hydrogens is 276 g/mol. The van der Waals surface area contributed by atoms with Crippen LogP contribution in [0.4, 0.5) is 4.79 Å². The molecule has 114 valence electrons. The number of amides is 1. The number of benzene rings is 1. The van der Waals surface area contributed by atoms with E-state index >= 15 is 0 Å². The van der Waals surface area contributed by atoms with Crippen LogP contribution in [0.1, 0.15) is 31.9 Å². The lowest BCUT2D eigenvalue weighted by Gasteiger charge is -2.20. The maximum atomic E-state index is 11.9. The molecule has 2 rings (SSSR count). The Balaban J connectivity index is 2.24. The zero-order valence-electron chi connectivity index (χ0n) is 13.1. The molecule has 0 bridgehead atoms. The lowest BCUT2D eigenvalue weighted by Crippen LogP contribution is -2.42. The molecule has 4 heteroatoms. The topological polar surface area (TPSA) is 51.2 Å². The molecule has 0 saturated carbocycles.